The summed E-state index contributed by atoms with van der Waals surface area (Å²) in [6, 6.07) is 7.19. The van der Waals surface area contributed by atoms with Gasteiger partial charge in [0.25, 0.3) is 0 Å². The van der Waals surface area contributed by atoms with Crippen LogP contribution in [0.2, 0.25) is 5.02 Å². The van der Waals surface area contributed by atoms with Gasteiger partial charge in [0, 0.05) is 16.5 Å². The Balaban J connectivity index is 2.00. The summed E-state index contributed by atoms with van der Waals surface area (Å²) < 4.78 is 5.18. The van der Waals surface area contributed by atoms with Crippen LogP contribution in [0, 0.1) is 5.92 Å². The zero-order valence-electron chi connectivity index (χ0n) is 9.02. The lowest BCUT2D eigenvalue weighted by Gasteiger charge is -1.99. The highest BCUT2D eigenvalue weighted by Gasteiger charge is 2.33. The quantitative estimate of drug-likeness (QED) is 0.779. The maximum atomic E-state index is 12.0. The Morgan fingerprint density at radius 2 is 2.00 bits per heavy atom. The number of rotatable bonds is 3. The normalized spacial score (nSPS) is 14.9. The Bertz CT molecular complexity index is 555. The van der Waals surface area contributed by atoms with Crippen molar-refractivity contribution in [2.45, 2.75) is 12.8 Å². The van der Waals surface area contributed by atoms with Crippen molar-refractivity contribution >= 4 is 17.4 Å². The predicted molar refractivity (Wildman–Crippen MR) is 64.0 cm³/mol. The van der Waals surface area contributed by atoms with E-state index in [1.807, 2.05) is 12.1 Å². The molecule has 0 saturated heterocycles. The van der Waals surface area contributed by atoms with Gasteiger partial charge < -0.3 is 4.52 Å². The second-order valence-corrected chi connectivity index (χ2v) is 4.65. The first kappa shape index (κ1) is 10.5. The molecule has 17 heavy (non-hydrogen) atoms. The van der Waals surface area contributed by atoms with Gasteiger partial charge in [-0.05, 0) is 37.1 Å². The zero-order valence-corrected chi connectivity index (χ0v) is 9.78. The molecule has 0 unspecified atom stereocenters. The molecule has 3 nitrogen and oxygen atoms in total. The van der Waals surface area contributed by atoms with Crippen molar-refractivity contribution < 1.29 is 9.32 Å². The predicted octanol–water partition coefficient (Wildman–Crippen LogP) is 3.59. The molecular formula is C13H10ClNO2. The van der Waals surface area contributed by atoms with Crippen molar-refractivity contribution in [3.8, 4) is 11.3 Å². The summed E-state index contributed by atoms with van der Waals surface area (Å²) in [6.07, 6.45) is 3.46. The first-order valence-electron chi connectivity index (χ1n) is 5.50. The Labute approximate surface area is 103 Å². The van der Waals surface area contributed by atoms with Gasteiger partial charge in [-0.2, -0.15) is 0 Å². The van der Waals surface area contributed by atoms with Crippen LogP contribution in [-0.2, 0) is 0 Å². The van der Waals surface area contributed by atoms with Crippen molar-refractivity contribution in [1.29, 1.82) is 0 Å². The summed E-state index contributed by atoms with van der Waals surface area (Å²) in [5, 5.41) is 4.38. The van der Waals surface area contributed by atoms with Crippen LogP contribution in [0.15, 0.2) is 35.0 Å². The highest BCUT2D eigenvalue weighted by atomic mass is 35.5. The fourth-order valence-electron chi connectivity index (χ4n) is 1.79. The van der Waals surface area contributed by atoms with E-state index in [1.54, 1.807) is 12.1 Å². The van der Waals surface area contributed by atoms with Gasteiger partial charge in [-0.15, -0.1) is 0 Å². The van der Waals surface area contributed by atoms with E-state index < -0.39 is 0 Å². The van der Waals surface area contributed by atoms with Gasteiger partial charge >= 0.3 is 0 Å². The van der Waals surface area contributed by atoms with Crippen molar-refractivity contribution in [2.75, 3.05) is 0 Å². The molecule has 0 amide bonds. The van der Waals surface area contributed by atoms with Crippen molar-refractivity contribution in [2.24, 2.45) is 5.92 Å². The van der Waals surface area contributed by atoms with Crippen LogP contribution in [0.3, 0.4) is 0 Å². The largest absolute Gasteiger partial charge is 0.356 e. The van der Waals surface area contributed by atoms with Crippen molar-refractivity contribution in [1.82, 2.24) is 5.16 Å². The Morgan fingerprint density at radius 3 is 2.65 bits per heavy atom. The molecule has 0 aliphatic heterocycles. The Kier molecular flexibility index (Phi) is 2.48. The summed E-state index contributed by atoms with van der Waals surface area (Å²) in [7, 11) is 0. The fraction of sp³-hybridized carbons (Fsp3) is 0.231. The molecule has 0 bridgehead atoms. The van der Waals surface area contributed by atoms with E-state index in [2.05, 4.69) is 5.16 Å². The summed E-state index contributed by atoms with van der Waals surface area (Å²) in [5.74, 6) is 0.843. The number of halogens is 1. The van der Waals surface area contributed by atoms with Crippen LogP contribution in [-0.4, -0.2) is 10.9 Å². The number of carbonyl (C=O) groups excluding carboxylic acids is 1. The molecule has 1 aliphatic rings. The van der Waals surface area contributed by atoms with Gasteiger partial charge in [0.1, 0.15) is 0 Å². The molecule has 0 spiro atoms. The summed E-state index contributed by atoms with van der Waals surface area (Å²) in [4.78, 5) is 12.0. The third kappa shape index (κ3) is 1.98. The minimum absolute atomic E-state index is 0.135. The SMILES string of the molecule is O=C(c1cnoc1-c1ccc(Cl)cc1)C1CC1. The standard InChI is InChI=1S/C13H10ClNO2/c14-10-5-3-9(4-6-10)13-11(7-15-17-13)12(16)8-1-2-8/h3-8H,1-2H2. The van der Waals surface area contributed by atoms with Gasteiger partial charge in [-0.3, -0.25) is 4.79 Å². The molecule has 0 radical (unpaired) electrons. The number of Topliss-reactive ketones (excluding diaryl/α,β-unsaturated/α-hetero) is 1. The fourth-order valence-corrected chi connectivity index (χ4v) is 1.92. The lowest BCUT2D eigenvalue weighted by Crippen LogP contribution is -2.01. The molecule has 86 valence electrons. The number of hydrogen-bond donors (Lipinski definition) is 0. The summed E-state index contributed by atoms with van der Waals surface area (Å²) in [5.41, 5.74) is 1.41. The molecule has 1 aliphatic carbocycles. The average molecular weight is 248 g/mol. The van der Waals surface area contributed by atoms with Crippen LogP contribution in [0.25, 0.3) is 11.3 Å². The van der Waals surface area contributed by atoms with Crippen LogP contribution in [0.4, 0.5) is 0 Å². The molecule has 0 atom stereocenters. The van der Waals surface area contributed by atoms with Crippen molar-refractivity contribution in [3.63, 3.8) is 0 Å². The van der Waals surface area contributed by atoms with E-state index in [4.69, 9.17) is 16.1 Å². The minimum atomic E-state index is 0.135. The average Bonchev–Trinajstić information content (AvgIpc) is 3.07. The molecule has 0 N–H and O–H groups in total. The highest BCUT2D eigenvalue weighted by Crippen LogP contribution is 2.35. The molecule has 1 aromatic heterocycles. The number of ketones is 1. The molecule has 1 saturated carbocycles. The van der Waals surface area contributed by atoms with Crippen LogP contribution >= 0.6 is 11.6 Å². The lowest BCUT2D eigenvalue weighted by molar-refractivity contribution is 0.0968. The topological polar surface area (TPSA) is 43.1 Å². The first-order chi connectivity index (χ1) is 8.25. The lowest BCUT2D eigenvalue weighted by atomic mass is 10.0. The zero-order chi connectivity index (χ0) is 11.8. The van der Waals surface area contributed by atoms with Gasteiger partial charge in [-0.25, -0.2) is 0 Å². The van der Waals surface area contributed by atoms with Crippen molar-refractivity contribution in [3.05, 3.63) is 41.0 Å². The van der Waals surface area contributed by atoms with Gasteiger partial charge in [-0.1, -0.05) is 16.8 Å². The Morgan fingerprint density at radius 1 is 1.29 bits per heavy atom. The molecule has 2 aromatic rings. The summed E-state index contributed by atoms with van der Waals surface area (Å²) in [6.45, 7) is 0. The number of aromatic nitrogens is 1. The maximum Gasteiger partial charge on any atom is 0.177 e. The first-order valence-corrected chi connectivity index (χ1v) is 5.88. The highest BCUT2D eigenvalue weighted by molar-refractivity contribution is 6.30. The molecular weight excluding hydrogens is 238 g/mol. The van der Waals surface area contributed by atoms with E-state index in [-0.39, 0.29) is 11.7 Å². The maximum absolute atomic E-state index is 12.0. The number of nitrogens with zero attached hydrogens (tertiary/aromatic N) is 1. The van der Waals surface area contributed by atoms with Crippen LogP contribution in [0.1, 0.15) is 23.2 Å². The second-order valence-electron chi connectivity index (χ2n) is 4.21. The third-order valence-electron chi connectivity index (χ3n) is 2.89. The van der Waals surface area contributed by atoms with Gasteiger partial charge in [0.15, 0.2) is 11.5 Å². The van der Waals surface area contributed by atoms with Crippen LogP contribution in [0.5, 0.6) is 0 Å². The smallest absolute Gasteiger partial charge is 0.177 e. The molecule has 4 heteroatoms. The van der Waals surface area contributed by atoms with E-state index in [0.717, 1.165) is 18.4 Å². The van der Waals surface area contributed by atoms with Gasteiger partial charge in [0.05, 0.1) is 11.8 Å². The molecule has 1 fully saturated rings. The minimum Gasteiger partial charge on any atom is -0.356 e. The monoisotopic (exact) mass is 247 g/mol. The molecule has 3 rings (SSSR count). The number of hydrogen-bond acceptors (Lipinski definition) is 3. The second kappa shape index (κ2) is 4.00. The van der Waals surface area contributed by atoms with Gasteiger partial charge in [0.2, 0.25) is 0 Å². The molecule has 1 aromatic carbocycles. The van der Waals surface area contributed by atoms with E-state index in [9.17, 15) is 4.79 Å². The van der Waals surface area contributed by atoms with Crippen LogP contribution < -0.4 is 0 Å². The third-order valence-corrected chi connectivity index (χ3v) is 3.14. The summed E-state index contributed by atoms with van der Waals surface area (Å²) >= 11 is 5.82. The van der Waals surface area contributed by atoms with E-state index >= 15 is 0 Å². The number of benzene rings is 1. The number of carbonyl (C=O) groups is 1. The Hall–Kier alpha value is -1.61. The van der Waals surface area contributed by atoms with E-state index in [1.165, 1.54) is 6.20 Å². The molecule has 1 heterocycles. The van der Waals surface area contributed by atoms with E-state index in [0.29, 0.717) is 16.3 Å².